The predicted molar refractivity (Wildman–Crippen MR) is 108 cm³/mol. The third-order valence-corrected chi connectivity index (χ3v) is 7.57. The first-order valence-corrected chi connectivity index (χ1v) is 12.4. The highest BCUT2D eigenvalue weighted by Crippen LogP contribution is 2.33. The van der Waals surface area contributed by atoms with Gasteiger partial charge in [0.25, 0.3) is 9.84 Å². The Bertz CT molecular complexity index is 1400. The zero-order valence-corrected chi connectivity index (χ0v) is 19.0. The van der Waals surface area contributed by atoms with Crippen molar-refractivity contribution in [2.24, 2.45) is 7.05 Å². The van der Waals surface area contributed by atoms with Gasteiger partial charge < -0.3 is 9.30 Å². The number of aryl methyl sites for hydroxylation is 1. The van der Waals surface area contributed by atoms with E-state index in [4.69, 9.17) is 4.74 Å². The van der Waals surface area contributed by atoms with Crippen molar-refractivity contribution in [3.05, 3.63) is 24.5 Å². The van der Waals surface area contributed by atoms with Gasteiger partial charge in [0.15, 0.2) is 20.7 Å². The van der Waals surface area contributed by atoms with Crippen LogP contribution in [-0.4, -0.2) is 53.7 Å². The van der Waals surface area contributed by atoms with Crippen LogP contribution >= 0.6 is 0 Å². The van der Waals surface area contributed by atoms with Crippen molar-refractivity contribution in [3.63, 3.8) is 0 Å². The van der Waals surface area contributed by atoms with Gasteiger partial charge in [0.1, 0.15) is 16.3 Å². The molecule has 3 aromatic heterocycles. The standard InChI is InChI=1S/C18H19F3N4O5S2/c1-5-31(26,27)14-6-11(30-10(2)3)8-23-16(14)17-24-12-7-15(22-9-13(12)25(17)4)32(28,29)18(19,20)21/h6-10H,5H2,1-4H3. The highest BCUT2D eigenvalue weighted by molar-refractivity contribution is 7.92. The molecule has 0 spiro atoms. The van der Waals surface area contributed by atoms with Crippen LogP contribution in [0.4, 0.5) is 13.2 Å². The largest absolute Gasteiger partial charge is 0.503 e. The Balaban J connectivity index is 2.25. The second kappa shape index (κ2) is 7.99. The molecule has 0 bridgehead atoms. The molecular weight excluding hydrogens is 473 g/mol. The second-order valence-electron chi connectivity index (χ2n) is 7.04. The molecule has 9 nitrogen and oxygen atoms in total. The van der Waals surface area contributed by atoms with E-state index < -0.39 is 30.2 Å². The summed E-state index contributed by atoms with van der Waals surface area (Å²) in [6, 6.07) is 1.99. The Hall–Kier alpha value is -2.74. The summed E-state index contributed by atoms with van der Waals surface area (Å²) in [5.41, 5.74) is -5.52. The average Bonchev–Trinajstić information content (AvgIpc) is 3.02. The van der Waals surface area contributed by atoms with Gasteiger partial charge in [-0.3, -0.25) is 0 Å². The lowest BCUT2D eigenvalue weighted by molar-refractivity contribution is -0.0438. The molecule has 0 aliphatic carbocycles. The zero-order chi connectivity index (χ0) is 24.1. The number of alkyl halides is 3. The van der Waals surface area contributed by atoms with E-state index in [2.05, 4.69) is 15.0 Å². The molecule has 0 unspecified atom stereocenters. The van der Waals surface area contributed by atoms with Crippen LogP contribution < -0.4 is 4.74 Å². The number of hydrogen-bond acceptors (Lipinski definition) is 8. The minimum atomic E-state index is -5.68. The maximum absolute atomic E-state index is 12.9. The SMILES string of the molecule is CCS(=O)(=O)c1cc(OC(C)C)cnc1-c1nc2cc(S(=O)(=O)C(F)(F)F)ncc2n1C. The molecule has 3 aromatic rings. The van der Waals surface area contributed by atoms with Gasteiger partial charge >= 0.3 is 5.51 Å². The van der Waals surface area contributed by atoms with Gasteiger partial charge in [0, 0.05) is 19.2 Å². The maximum Gasteiger partial charge on any atom is 0.503 e. The lowest BCUT2D eigenvalue weighted by atomic mass is 10.3. The Kier molecular flexibility index (Phi) is 5.97. The van der Waals surface area contributed by atoms with Gasteiger partial charge in [-0.15, -0.1) is 0 Å². The molecule has 0 atom stereocenters. The highest BCUT2D eigenvalue weighted by atomic mass is 32.2. The fourth-order valence-electron chi connectivity index (χ4n) is 2.87. The summed E-state index contributed by atoms with van der Waals surface area (Å²) in [5, 5.41) is -1.21. The summed E-state index contributed by atoms with van der Waals surface area (Å²) in [6.45, 7) is 4.96. The fraction of sp³-hybridized carbons (Fsp3) is 0.389. The van der Waals surface area contributed by atoms with Gasteiger partial charge in [-0.25, -0.2) is 31.8 Å². The number of nitrogens with zero attached hydrogens (tertiary/aromatic N) is 4. The van der Waals surface area contributed by atoms with E-state index >= 15 is 0 Å². The molecule has 32 heavy (non-hydrogen) atoms. The number of ether oxygens (including phenoxy) is 1. The third kappa shape index (κ3) is 4.16. The van der Waals surface area contributed by atoms with E-state index in [0.29, 0.717) is 6.07 Å². The van der Waals surface area contributed by atoms with Gasteiger partial charge in [-0.05, 0) is 13.8 Å². The molecule has 0 N–H and O–H groups in total. The molecule has 0 aliphatic rings. The van der Waals surface area contributed by atoms with E-state index in [-0.39, 0.29) is 45.1 Å². The van der Waals surface area contributed by atoms with Crippen molar-refractivity contribution in [2.45, 2.75) is 42.3 Å². The van der Waals surface area contributed by atoms with Crippen LogP contribution in [-0.2, 0) is 26.7 Å². The number of sulfone groups is 2. The van der Waals surface area contributed by atoms with E-state index in [0.717, 1.165) is 6.20 Å². The maximum atomic E-state index is 12.9. The molecule has 174 valence electrons. The van der Waals surface area contributed by atoms with Crippen molar-refractivity contribution in [2.75, 3.05) is 5.75 Å². The van der Waals surface area contributed by atoms with Gasteiger partial charge in [-0.1, -0.05) is 6.92 Å². The first-order chi connectivity index (χ1) is 14.7. The molecule has 14 heteroatoms. The van der Waals surface area contributed by atoms with E-state index in [9.17, 15) is 30.0 Å². The first kappa shape index (κ1) is 23.9. The lowest BCUT2D eigenvalue weighted by Crippen LogP contribution is -2.24. The van der Waals surface area contributed by atoms with Crippen LogP contribution in [0, 0.1) is 0 Å². The fourth-order valence-corrected chi connectivity index (χ4v) is 4.61. The van der Waals surface area contributed by atoms with Crippen molar-refractivity contribution >= 4 is 30.7 Å². The topological polar surface area (TPSA) is 121 Å². The van der Waals surface area contributed by atoms with Gasteiger partial charge in [0.05, 0.1) is 35.3 Å². The summed E-state index contributed by atoms with van der Waals surface area (Å²) >= 11 is 0. The summed E-state index contributed by atoms with van der Waals surface area (Å²) in [7, 11) is -7.99. The Morgan fingerprint density at radius 2 is 1.75 bits per heavy atom. The number of imidazole rings is 1. The Labute approximate surface area is 182 Å². The van der Waals surface area contributed by atoms with E-state index in [1.165, 1.54) is 30.8 Å². The highest BCUT2D eigenvalue weighted by Gasteiger charge is 2.48. The van der Waals surface area contributed by atoms with Crippen LogP contribution in [0.3, 0.4) is 0 Å². The van der Waals surface area contributed by atoms with Crippen molar-refractivity contribution < 1.29 is 34.7 Å². The zero-order valence-electron chi connectivity index (χ0n) is 17.4. The monoisotopic (exact) mass is 492 g/mol. The summed E-state index contributed by atoms with van der Waals surface area (Å²) in [4.78, 5) is 11.6. The molecular formula is C18H19F3N4O5S2. The van der Waals surface area contributed by atoms with Crippen LogP contribution in [0.2, 0.25) is 0 Å². The minimum absolute atomic E-state index is 0.00600. The Morgan fingerprint density at radius 1 is 1.09 bits per heavy atom. The smallest absolute Gasteiger partial charge is 0.489 e. The molecule has 0 aromatic carbocycles. The molecule has 0 radical (unpaired) electrons. The lowest BCUT2D eigenvalue weighted by Gasteiger charge is -2.13. The average molecular weight is 493 g/mol. The second-order valence-corrected chi connectivity index (χ2v) is 11.2. The number of aromatic nitrogens is 4. The number of halogens is 3. The molecule has 0 aliphatic heterocycles. The third-order valence-electron chi connectivity index (χ3n) is 4.45. The minimum Gasteiger partial charge on any atom is -0.489 e. The van der Waals surface area contributed by atoms with Gasteiger partial charge in [-0.2, -0.15) is 13.2 Å². The van der Waals surface area contributed by atoms with Gasteiger partial charge in [0.2, 0.25) is 0 Å². The summed E-state index contributed by atoms with van der Waals surface area (Å²) < 4.78 is 94.3. The molecule has 3 heterocycles. The summed E-state index contributed by atoms with van der Waals surface area (Å²) in [5.74, 6) is -0.0204. The molecule has 0 fully saturated rings. The number of pyridine rings is 2. The van der Waals surface area contributed by atoms with Crippen molar-refractivity contribution in [1.29, 1.82) is 0 Å². The molecule has 0 saturated carbocycles. The number of hydrogen-bond donors (Lipinski definition) is 0. The van der Waals surface area contributed by atoms with E-state index in [1.807, 2.05) is 0 Å². The predicted octanol–water partition coefficient (Wildman–Crippen LogP) is 2.90. The first-order valence-electron chi connectivity index (χ1n) is 9.22. The van der Waals surface area contributed by atoms with Crippen LogP contribution in [0.5, 0.6) is 5.75 Å². The number of fused-ring (bicyclic) bond motifs is 1. The molecule has 0 amide bonds. The number of rotatable bonds is 6. The molecule has 0 saturated heterocycles. The normalized spacial score (nSPS) is 13.1. The summed E-state index contributed by atoms with van der Waals surface area (Å²) in [6.07, 6.45) is 1.99. The van der Waals surface area contributed by atoms with E-state index in [1.54, 1.807) is 13.8 Å². The quantitative estimate of drug-likeness (QED) is 0.515. The van der Waals surface area contributed by atoms with Crippen molar-refractivity contribution in [3.8, 4) is 17.3 Å². The Morgan fingerprint density at radius 3 is 2.31 bits per heavy atom. The van der Waals surface area contributed by atoms with Crippen molar-refractivity contribution in [1.82, 2.24) is 19.5 Å². The van der Waals surface area contributed by atoms with Crippen LogP contribution in [0.1, 0.15) is 20.8 Å². The van der Waals surface area contributed by atoms with Crippen LogP contribution in [0.15, 0.2) is 34.4 Å². The van der Waals surface area contributed by atoms with Crippen LogP contribution in [0.25, 0.3) is 22.6 Å². The molecule has 3 rings (SSSR count).